The second-order valence-corrected chi connectivity index (χ2v) is 7.46. The molecule has 0 aromatic heterocycles. The van der Waals surface area contributed by atoms with E-state index in [-0.39, 0.29) is 43.9 Å². The summed E-state index contributed by atoms with van der Waals surface area (Å²) < 4.78 is 10.6. The van der Waals surface area contributed by atoms with Crippen LogP contribution in [0.3, 0.4) is 0 Å². The Bertz CT molecular complexity index is 1090. The third-order valence-corrected chi connectivity index (χ3v) is 5.01. The number of hydrogen-bond acceptors (Lipinski definition) is 6. The number of fused-ring (bicyclic) bond motifs is 1. The molecule has 3 N–H and O–H groups in total. The first-order valence-corrected chi connectivity index (χ1v) is 10.1. The Balaban J connectivity index is 1.30. The summed E-state index contributed by atoms with van der Waals surface area (Å²) in [4.78, 5) is 49.6. The molecule has 0 spiro atoms. The van der Waals surface area contributed by atoms with Crippen LogP contribution in [0.1, 0.15) is 25.3 Å². The van der Waals surface area contributed by atoms with Gasteiger partial charge in [0, 0.05) is 24.7 Å². The van der Waals surface area contributed by atoms with Crippen molar-refractivity contribution in [3.8, 4) is 11.5 Å². The molecule has 1 saturated heterocycles. The number of anilines is 2. The number of nitrogens with zero attached hydrogens (tertiary/aromatic N) is 1. The number of imide groups is 1. The van der Waals surface area contributed by atoms with Gasteiger partial charge in [-0.15, -0.1) is 0 Å². The lowest BCUT2D eigenvalue weighted by atomic mass is 10.1. The molecule has 1 atom stereocenters. The molecule has 2 aliphatic rings. The van der Waals surface area contributed by atoms with Gasteiger partial charge in [0.05, 0.1) is 6.54 Å². The van der Waals surface area contributed by atoms with Gasteiger partial charge < -0.3 is 25.4 Å². The van der Waals surface area contributed by atoms with E-state index in [0.717, 1.165) is 10.5 Å². The number of carbonyl (C=O) groups excluding carboxylic acids is 4. The molecule has 2 aliphatic heterocycles. The third-order valence-electron chi connectivity index (χ3n) is 5.01. The predicted octanol–water partition coefficient (Wildman–Crippen LogP) is 2.21. The minimum absolute atomic E-state index is 0.0406. The fraction of sp³-hybridized carbons (Fsp3) is 0.273. The molecule has 10 heteroatoms. The van der Waals surface area contributed by atoms with E-state index in [4.69, 9.17) is 9.47 Å². The minimum Gasteiger partial charge on any atom is -0.454 e. The highest BCUT2D eigenvalue weighted by atomic mass is 16.7. The van der Waals surface area contributed by atoms with Gasteiger partial charge in [0.15, 0.2) is 11.5 Å². The van der Waals surface area contributed by atoms with Crippen molar-refractivity contribution in [2.75, 3.05) is 17.4 Å². The number of amides is 5. The van der Waals surface area contributed by atoms with Crippen molar-refractivity contribution in [2.24, 2.45) is 0 Å². The van der Waals surface area contributed by atoms with Gasteiger partial charge in [-0.1, -0.05) is 12.1 Å². The van der Waals surface area contributed by atoms with E-state index in [1.54, 1.807) is 42.5 Å². The fourth-order valence-electron chi connectivity index (χ4n) is 3.52. The Labute approximate surface area is 183 Å². The Morgan fingerprint density at radius 3 is 2.59 bits per heavy atom. The van der Waals surface area contributed by atoms with Crippen molar-refractivity contribution >= 4 is 35.1 Å². The lowest BCUT2D eigenvalue weighted by Crippen LogP contribution is -2.31. The number of ether oxygens (including phenoxy) is 2. The van der Waals surface area contributed by atoms with Gasteiger partial charge in [0.1, 0.15) is 6.04 Å². The predicted molar refractivity (Wildman–Crippen MR) is 114 cm³/mol. The van der Waals surface area contributed by atoms with Gasteiger partial charge in [-0.2, -0.15) is 0 Å². The molecule has 166 valence electrons. The highest BCUT2D eigenvalue weighted by Gasteiger charge is 2.38. The van der Waals surface area contributed by atoms with Gasteiger partial charge in [0.25, 0.3) is 5.91 Å². The van der Waals surface area contributed by atoms with Crippen LogP contribution in [0.4, 0.5) is 16.2 Å². The highest BCUT2D eigenvalue weighted by molar-refractivity contribution is 6.04. The van der Waals surface area contributed by atoms with Gasteiger partial charge in [-0.05, 0) is 42.3 Å². The summed E-state index contributed by atoms with van der Waals surface area (Å²) >= 11 is 0. The first-order valence-electron chi connectivity index (χ1n) is 10.1. The minimum atomic E-state index is -0.770. The average molecular weight is 438 g/mol. The standard InChI is InChI=1S/C22H22N4O6/c1-13(27)23-15-3-2-4-16(10-15)24-20(28)8-6-17-21(29)26(22(30)25-17)11-14-5-7-18-19(9-14)32-12-31-18/h2-5,7,9-10,17H,6,8,11-12H2,1H3,(H,23,27)(H,24,28)(H,25,30). The maximum Gasteiger partial charge on any atom is 0.325 e. The molecule has 2 aromatic carbocycles. The van der Waals surface area contributed by atoms with E-state index < -0.39 is 12.1 Å². The SMILES string of the molecule is CC(=O)Nc1cccc(NC(=O)CCC2NC(=O)N(Cc3ccc4c(c3)OCO4)C2=O)c1. The lowest BCUT2D eigenvalue weighted by Gasteiger charge is -2.13. The van der Waals surface area contributed by atoms with Gasteiger partial charge in [-0.3, -0.25) is 19.3 Å². The van der Waals surface area contributed by atoms with Crippen LogP contribution in [-0.2, 0) is 20.9 Å². The van der Waals surface area contributed by atoms with Gasteiger partial charge in [-0.25, -0.2) is 4.79 Å². The maximum absolute atomic E-state index is 12.7. The fourth-order valence-corrected chi connectivity index (χ4v) is 3.52. The first kappa shape index (κ1) is 21.2. The second kappa shape index (κ2) is 8.96. The van der Waals surface area contributed by atoms with Crippen molar-refractivity contribution in [2.45, 2.75) is 32.4 Å². The molecule has 4 rings (SSSR count). The van der Waals surface area contributed by atoms with Crippen molar-refractivity contribution in [1.29, 1.82) is 0 Å². The zero-order valence-corrected chi connectivity index (χ0v) is 17.3. The van der Waals surface area contributed by atoms with Crippen LogP contribution >= 0.6 is 0 Å². The van der Waals surface area contributed by atoms with Gasteiger partial charge >= 0.3 is 6.03 Å². The van der Waals surface area contributed by atoms with Crippen molar-refractivity contribution < 1.29 is 28.7 Å². The molecule has 1 unspecified atom stereocenters. The van der Waals surface area contributed by atoms with E-state index >= 15 is 0 Å². The summed E-state index contributed by atoms with van der Waals surface area (Å²) in [5.74, 6) is 0.298. The summed E-state index contributed by atoms with van der Waals surface area (Å²) in [5, 5.41) is 8.00. The molecule has 10 nitrogen and oxygen atoms in total. The van der Waals surface area contributed by atoms with Crippen LogP contribution in [-0.4, -0.2) is 41.5 Å². The normalized spacial score (nSPS) is 16.7. The molecule has 0 bridgehead atoms. The molecule has 2 heterocycles. The molecule has 0 radical (unpaired) electrons. The second-order valence-electron chi connectivity index (χ2n) is 7.46. The number of hydrogen-bond donors (Lipinski definition) is 3. The van der Waals surface area contributed by atoms with Crippen LogP contribution in [0.15, 0.2) is 42.5 Å². The summed E-state index contributed by atoms with van der Waals surface area (Å²) in [6.45, 7) is 1.64. The third kappa shape index (κ3) is 4.80. The maximum atomic E-state index is 12.7. The monoisotopic (exact) mass is 438 g/mol. The van der Waals surface area contributed by atoms with Gasteiger partial charge in [0.2, 0.25) is 18.6 Å². The van der Waals surface area contributed by atoms with E-state index in [2.05, 4.69) is 16.0 Å². The lowest BCUT2D eigenvalue weighted by molar-refractivity contribution is -0.128. The van der Waals surface area contributed by atoms with Crippen molar-refractivity contribution in [3.63, 3.8) is 0 Å². The Kier molecular flexibility index (Phi) is 5.93. The van der Waals surface area contributed by atoms with Crippen molar-refractivity contribution in [3.05, 3.63) is 48.0 Å². The van der Waals surface area contributed by atoms with Crippen LogP contribution in [0.5, 0.6) is 11.5 Å². The highest BCUT2D eigenvalue weighted by Crippen LogP contribution is 2.33. The first-order chi connectivity index (χ1) is 15.4. The van der Waals surface area contributed by atoms with E-state index in [1.165, 1.54) is 6.92 Å². The molecular formula is C22H22N4O6. The Hall–Kier alpha value is -4.08. The summed E-state index contributed by atoms with van der Waals surface area (Å²) in [7, 11) is 0. The molecule has 1 fully saturated rings. The molecular weight excluding hydrogens is 416 g/mol. The van der Waals surface area contributed by atoms with E-state index in [0.29, 0.717) is 22.9 Å². The number of nitrogens with one attached hydrogen (secondary N) is 3. The molecule has 0 saturated carbocycles. The summed E-state index contributed by atoms with van der Waals surface area (Å²) in [5.41, 5.74) is 1.82. The smallest absolute Gasteiger partial charge is 0.325 e. The zero-order chi connectivity index (χ0) is 22.7. The number of urea groups is 1. The number of carbonyl (C=O) groups is 4. The molecule has 5 amide bonds. The summed E-state index contributed by atoms with van der Waals surface area (Å²) in [6, 6.07) is 10.7. The quantitative estimate of drug-likeness (QED) is 0.569. The average Bonchev–Trinajstić information content (AvgIpc) is 3.31. The van der Waals surface area contributed by atoms with Crippen LogP contribution in [0.2, 0.25) is 0 Å². The molecule has 32 heavy (non-hydrogen) atoms. The Morgan fingerprint density at radius 2 is 1.81 bits per heavy atom. The van der Waals surface area contributed by atoms with E-state index in [1.807, 2.05) is 0 Å². The van der Waals surface area contributed by atoms with Crippen molar-refractivity contribution in [1.82, 2.24) is 10.2 Å². The number of rotatable bonds is 7. The number of benzene rings is 2. The largest absolute Gasteiger partial charge is 0.454 e. The van der Waals surface area contributed by atoms with Crippen LogP contribution < -0.4 is 25.4 Å². The summed E-state index contributed by atoms with van der Waals surface area (Å²) in [6.07, 6.45) is 0.207. The molecule has 2 aromatic rings. The Morgan fingerprint density at radius 1 is 1.06 bits per heavy atom. The molecule has 0 aliphatic carbocycles. The van der Waals surface area contributed by atoms with Crippen LogP contribution in [0, 0.1) is 0 Å². The van der Waals surface area contributed by atoms with Crippen LogP contribution in [0.25, 0.3) is 0 Å². The van der Waals surface area contributed by atoms with E-state index in [9.17, 15) is 19.2 Å². The topological polar surface area (TPSA) is 126 Å². The zero-order valence-electron chi connectivity index (χ0n) is 17.3.